The maximum absolute atomic E-state index is 5.44. The zero-order chi connectivity index (χ0) is 13.7. The molecular formula is C15H24N2O2. The van der Waals surface area contributed by atoms with Gasteiger partial charge in [-0.2, -0.15) is 0 Å². The molecule has 1 aromatic rings. The van der Waals surface area contributed by atoms with Gasteiger partial charge in [-0.15, -0.1) is 0 Å². The first-order chi connectivity index (χ1) is 9.24. The highest BCUT2D eigenvalue weighted by Gasteiger charge is 2.14. The summed E-state index contributed by atoms with van der Waals surface area (Å²) in [4.78, 5) is 0. The van der Waals surface area contributed by atoms with Crippen molar-refractivity contribution in [1.29, 1.82) is 0 Å². The summed E-state index contributed by atoms with van der Waals surface area (Å²) in [6.45, 7) is 6.17. The Morgan fingerprint density at radius 1 is 1.26 bits per heavy atom. The van der Waals surface area contributed by atoms with Crippen molar-refractivity contribution in [3.8, 4) is 11.5 Å². The summed E-state index contributed by atoms with van der Waals surface area (Å²) in [6.07, 6.45) is 1.27. The van der Waals surface area contributed by atoms with Crippen LogP contribution in [0.3, 0.4) is 0 Å². The number of rotatable bonds is 6. The molecule has 1 atom stereocenters. The maximum Gasteiger partial charge on any atom is 0.123 e. The first-order valence-electron chi connectivity index (χ1n) is 6.87. The molecule has 0 spiro atoms. The molecule has 1 aliphatic heterocycles. The van der Waals surface area contributed by atoms with E-state index in [0.717, 1.165) is 54.7 Å². The van der Waals surface area contributed by atoms with Crippen molar-refractivity contribution in [3.63, 3.8) is 0 Å². The molecule has 1 fully saturated rings. The summed E-state index contributed by atoms with van der Waals surface area (Å²) < 4.78 is 10.8. The highest BCUT2D eigenvalue weighted by atomic mass is 16.5. The molecule has 0 aliphatic carbocycles. The van der Waals surface area contributed by atoms with E-state index in [2.05, 4.69) is 16.7 Å². The fraction of sp³-hybridized carbons (Fsp3) is 0.600. The fourth-order valence-electron chi connectivity index (χ4n) is 2.55. The monoisotopic (exact) mass is 264 g/mol. The predicted molar refractivity (Wildman–Crippen MR) is 77.0 cm³/mol. The number of benzene rings is 1. The molecule has 1 aliphatic rings. The SMILES string of the molecule is COc1cc(CNCC2CCNC2)c(OC)cc1C. The molecule has 0 amide bonds. The van der Waals surface area contributed by atoms with Gasteiger partial charge < -0.3 is 20.1 Å². The topological polar surface area (TPSA) is 42.5 Å². The Kier molecular flexibility index (Phi) is 5.05. The van der Waals surface area contributed by atoms with Gasteiger partial charge in [0.25, 0.3) is 0 Å². The van der Waals surface area contributed by atoms with Crippen LogP contribution in [-0.2, 0) is 6.54 Å². The van der Waals surface area contributed by atoms with Crippen molar-refractivity contribution < 1.29 is 9.47 Å². The predicted octanol–water partition coefficient (Wildman–Crippen LogP) is 1.71. The highest BCUT2D eigenvalue weighted by Crippen LogP contribution is 2.28. The summed E-state index contributed by atoms with van der Waals surface area (Å²) in [5, 5.41) is 6.90. The molecule has 1 saturated heterocycles. The van der Waals surface area contributed by atoms with Crippen LogP contribution in [0.2, 0.25) is 0 Å². The third-order valence-corrected chi connectivity index (χ3v) is 3.71. The smallest absolute Gasteiger partial charge is 0.123 e. The van der Waals surface area contributed by atoms with Crippen LogP contribution in [0, 0.1) is 12.8 Å². The zero-order valence-electron chi connectivity index (χ0n) is 12.1. The first-order valence-corrected chi connectivity index (χ1v) is 6.87. The summed E-state index contributed by atoms with van der Waals surface area (Å²) in [5.41, 5.74) is 2.25. The van der Waals surface area contributed by atoms with Crippen molar-refractivity contribution in [1.82, 2.24) is 10.6 Å². The largest absolute Gasteiger partial charge is 0.496 e. The van der Waals surface area contributed by atoms with Crippen molar-refractivity contribution in [3.05, 3.63) is 23.3 Å². The van der Waals surface area contributed by atoms with E-state index in [1.807, 2.05) is 13.0 Å². The molecule has 0 bridgehead atoms. The Labute approximate surface area is 115 Å². The minimum absolute atomic E-state index is 0.748. The molecule has 4 nitrogen and oxygen atoms in total. The van der Waals surface area contributed by atoms with Gasteiger partial charge in [-0.05, 0) is 56.6 Å². The van der Waals surface area contributed by atoms with E-state index >= 15 is 0 Å². The van der Waals surface area contributed by atoms with Crippen LogP contribution >= 0.6 is 0 Å². The van der Waals surface area contributed by atoms with E-state index in [9.17, 15) is 0 Å². The molecule has 2 N–H and O–H groups in total. The number of aryl methyl sites for hydroxylation is 1. The van der Waals surface area contributed by atoms with Gasteiger partial charge in [0.2, 0.25) is 0 Å². The van der Waals surface area contributed by atoms with Crippen molar-refractivity contribution in [2.45, 2.75) is 19.9 Å². The Bertz CT molecular complexity index is 415. The Hall–Kier alpha value is -1.26. The highest BCUT2D eigenvalue weighted by molar-refractivity contribution is 5.45. The van der Waals surface area contributed by atoms with Gasteiger partial charge in [-0.25, -0.2) is 0 Å². The van der Waals surface area contributed by atoms with Gasteiger partial charge >= 0.3 is 0 Å². The van der Waals surface area contributed by atoms with E-state index in [-0.39, 0.29) is 0 Å². The van der Waals surface area contributed by atoms with Gasteiger partial charge in [0.1, 0.15) is 11.5 Å². The average molecular weight is 264 g/mol. The Morgan fingerprint density at radius 2 is 2.05 bits per heavy atom. The van der Waals surface area contributed by atoms with Crippen LogP contribution in [0.4, 0.5) is 0 Å². The van der Waals surface area contributed by atoms with E-state index in [1.54, 1.807) is 14.2 Å². The minimum Gasteiger partial charge on any atom is -0.496 e. The first kappa shape index (κ1) is 14.2. The molecule has 0 aromatic heterocycles. The molecule has 0 saturated carbocycles. The lowest BCUT2D eigenvalue weighted by Gasteiger charge is -2.15. The van der Waals surface area contributed by atoms with E-state index < -0.39 is 0 Å². The van der Waals surface area contributed by atoms with Gasteiger partial charge in [0, 0.05) is 12.1 Å². The lowest BCUT2D eigenvalue weighted by Crippen LogP contribution is -2.24. The standard InChI is InChI=1S/C15H24N2O2/c1-11-6-15(19-3)13(7-14(11)18-2)10-17-9-12-4-5-16-8-12/h6-7,12,16-17H,4-5,8-10H2,1-3H3. The van der Waals surface area contributed by atoms with Crippen LogP contribution in [0.25, 0.3) is 0 Å². The van der Waals surface area contributed by atoms with E-state index in [0.29, 0.717) is 0 Å². The number of hydrogen-bond donors (Lipinski definition) is 2. The third-order valence-electron chi connectivity index (χ3n) is 3.71. The van der Waals surface area contributed by atoms with Gasteiger partial charge in [0.05, 0.1) is 14.2 Å². The van der Waals surface area contributed by atoms with Crippen LogP contribution in [-0.4, -0.2) is 33.9 Å². The van der Waals surface area contributed by atoms with E-state index in [4.69, 9.17) is 9.47 Å². The summed E-state index contributed by atoms with van der Waals surface area (Å²) in [5.74, 6) is 2.59. The van der Waals surface area contributed by atoms with Crippen LogP contribution in [0.5, 0.6) is 11.5 Å². The number of nitrogens with one attached hydrogen (secondary N) is 2. The molecule has 1 aromatic carbocycles. The Morgan fingerprint density at radius 3 is 2.68 bits per heavy atom. The van der Waals surface area contributed by atoms with Crippen molar-refractivity contribution >= 4 is 0 Å². The second kappa shape index (κ2) is 6.78. The van der Waals surface area contributed by atoms with Crippen molar-refractivity contribution in [2.75, 3.05) is 33.9 Å². The van der Waals surface area contributed by atoms with Crippen molar-refractivity contribution in [2.24, 2.45) is 5.92 Å². The quantitative estimate of drug-likeness (QED) is 0.821. The molecular weight excluding hydrogens is 240 g/mol. The average Bonchev–Trinajstić information content (AvgIpc) is 2.93. The number of hydrogen-bond acceptors (Lipinski definition) is 4. The van der Waals surface area contributed by atoms with E-state index in [1.165, 1.54) is 6.42 Å². The van der Waals surface area contributed by atoms with Gasteiger partial charge in [-0.1, -0.05) is 0 Å². The molecule has 2 rings (SSSR count). The second-order valence-electron chi connectivity index (χ2n) is 5.12. The summed E-state index contributed by atoms with van der Waals surface area (Å²) in [6, 6.07) is 4.10. The number of methoxy groups -OCH3 is 2. The van der Waals surface area contributed by atoms with Gasteiger partial charge in [0.15, 0.2) is 0 Å². The van der Waals surface area contributed by atoms with Crippen LogP contribution in [0.15, 0.2) is 12.1 Å². The summed E-state index contributed by atoms with van der Waals surface area (Å²) in [7, 11) is 3.42. The van der Waals surface area contributed by atoms with Crippen LogP contribution in [0.1, 0.15) is 17.5 Å². The lowest BCUT2D eigenvalue weighted by molar-refractivity contribution is 0.393. The normalized spacial score (nSPS) is 18.6. The zero-order valence-corrected chi connectivity index (χ0v) is 12.1. The lowest BCUT2D eigenvalue weighted by atomic mass is 10.1. The summed E-state index contributed by atoms with van der Waals surface area (Å²) >= 11 is 0. The molecule has 19 heavy (non-hydrogen) atoms. The Balaban J connectivity index is 1.97. The maximum atomic E-state index is 5.44. The fourth-order valence-corrected chi connectivity index (χ4v) is 2.55. The molecule has 0 radical (unpaired) electrons. The molecule has 1 unspecified atom stereocenters. The second-order valence-corrected chi connectivity index (χ2v) is 5.12. The number of ether oxygens (including phenoxy) is 2. The molecule has 106 valence electrons. The van der Waals surface area contributed by atoms with Gasteiger partial charge in [-0.3, -0.25) is 0 Å². The minimum atomic E-state index is 0.748. The molecule has 4 heteroatoms. The third kappa shape index (κ3) is 3.61. The van der Waals surface area contributed by atoms with Crippen LogP contribution < -0.4 is 20.1 Å². The molecule has 1 heterocycles.